The van der Waals surface area contributed by atoms with Crippen molar-refractivity contribution in [2.45, 2.75) is 32.9 Å². The molecule has 2 aliphatic heterocycles. The fourth-order valence-electron chi connectivity index (χ4n) is 4.01. The smallest absolute Gasteiger partial charge is 0.236 e. The number of piperazine rings is 1. The molecule has 0 unspecified atom stereocenters. The predicted octanol–water partition coefficient (Wildman–Crippen LogP) is 3.31. The quantitative estimate of drug-likeness (QED) is 0.687. The lowest BCUT2D eigenvalue weighted by Crippen LogP contribution is -2.50. The maximum absolute atomic E-state index is 12.5. The van der Waals surface area contributed by atoms with E-state index in [0.717, 1.165) is 66.9 Å². The van der Waals surface area contributed by atoms with E-state index in [-0.39, 0.29) is 5.91 Å². The Kier molecular flexibility index (Phi) is 7.14. The van der Waals surface area contributed by atoms with Gasteiger partial charge in [0.1, 0.15) is 0 Å². The van der Waals surface area contributed by atoms with Crippen molar-refractivity contribution in [3.63, 3.8) is 0 Å². The van der Waals surface area contributed by atoms with Gasteiger partial charge < -0.3 is 10.2 Å². The largest absolute Gasteiger partial charge is 0.342 e. The molecule has 0 aliphatic carbocycles. The number of rotatable bonds is 6. The summed E-state index contributed by atoms with van der Waals surface area (Å²) in [5.41, 5.74) is 2.23. The Labute approximate surface area is 187 Å². The van der Waals surface area contributed by atoms with Gasteiger partial charge in [0.05, 0.1) is 13.2 Å². The number of benzene rings is 1. The van der Waals surface area contributed by atoms with Gasteiger partial charge >= 0.3 is 0 Å². The maximum Gasteiger partial charge on any atom is 0.236 e. The van der Waals surface area contributed by atoms with Crippen molar-refractivity contribution in [1.29, 1.82) is 0 Å². The van der Waals surface area contributed by atoms with Crippen LogP contribution in [-0.2, 0) is 11.5 Å². The van der Waals surface area contributed by atoms with Crippen LogP contribution in [0.25, 0.3) is 0 Å². The molecule has 162 valence electrons. The number of carbonyl (C=O) groups excluding carboxylic acids is 1. The zero-order valence-electron chi connectivity index (χ0n) is 17.5. The van der Waals surface area contributed by atoms with Gasteiger partial charge in [0, 0.05) is 45.0 Å². The second kappa shape index (κ2) is 10.00. The molecule has 1 aromatic heterocycles. The number of hydrogen-bond donors (Lipinski definition) is 1. The Hall–Kier alpha value is -1.81. The van der Waals surface area contributed by atoms with Crippen LogP contribution in [0.5, 0.6) is 0 Å². The van der Waals surface area contributed by atoms with E-state index in [1.165, 1.54) is 23.3 Å². The molecule has 3 heterocycles. The van der Waals surface area contributed by atoms with Gasteiger partial charge in [-0.2, -0.15) is 0 Å². The fourth-order valence-corrected chi connectivity index (χ4v) is 5.02. The summed E-state index contributed by atoms with van der Waals surface area (Å²) in [6.45, 7) is 8.84. The summed E-state index contributed by atoms with van der Waals surface area (Å²) in [5, 5.41) is 8.83. The predicted molar refractivity (Wildman–Crippen MR) is 124 cm³/mol. The Balaban J connectivity index is 1.26. The molecule has 7 nitrogen and oxygen atoms in total. The standard InChI is InChI=1S/C21H30N6OS2/c1-17-6-5-7-18(14-17)22-20-23-27(21(29)30-20)16-25-12-10-24(11-13-25)15-19(28)26-8-3-2-4-9-26/h5-7,14H,2-4,8-13,15-16H2,1H3,(H,22,23). The first-order valence-corrected chi connectivity index (χ1v) is 11.9. The Morgan fingerprint density at radius 3 is 2.57 bits per heavy atom. The first kappa shape index (κ1) is 21.4. The van der Waals surface area contributed by atoms with Crippen molar-refractivity contribution in [3.05, 3.63) is 33.8 Å². The lowest BCUT2D eigenvalue weighted by molar-refractivity contribution is -0.133. The number of anilines is 2. The minimum atomic E-state index is 0.289. The summed E-state index contributed by atoms with van der Waals surface area (Å²) in [4.78, 5) is 19.2. The summed E-state index contributed by atoms with van der Waals surface area (Å²) in [6, 6.07) is 8.24. The number of aromatic nitrogens is 2. The van der Waals surface area contributed by atoms with Crippen molar-refractivity contribution in [3.8, 4) is 0 Å². The highest BCUT2D eigenvalue weighted by Gasteiger charge is 2.23. The van der Waals surface area contributed by atoms with E-state index in [1.807, 2.05) is 21.7 Å². The summed E-state index contributed by atoms with van der Waals surface area (Å²) in [7, 11) is 0. The summed E-state index contributed by atoms with van der Waals surface area (Å²) in [6.07, 6.45) is 3.55. The summed E-state index contributed by atoms with van der Waals surface area (Å²) < 4.78 is 2.67. The summed E-state index contributed by atoms with van der Waals surface area (Å²) in [5.74, 6) is 0.289. The lowest BCUT2D eigenvalue weighted by Gasteiger charge is -2.35. The molecular formula is C21H30N6OS2. The molecule has 0 radical (unpaired) electrons. The molecule has 2 aromatic rings. The van der Waals surface area contributed by atoms with Gasteiger partial charge in [-0.15, -0.1) is 5.10 Å². The van der Waals surface area contributed by atoms with Crippen molar-refractivity contribution < 1.29 is 4.79 Å². The lowest BCUT2D eigenvalue weighted by atomic mass is 10.1. The van der Waals surface area contributed by atoms with E-state index in [9.17, 15) is 4.79 Å². The van der Waals surface area contributed by atoms with Gasteiger partial charge in [0.25, 0.3) is 0 Å². The maximum atomic E-state index is 12.5. The number of amides is 1. The Morgan fingerprint density at radius 1 is 1.10 bits per heavy atom. The van der Waals surface area contributed by atoms with E-state index < -0.39 is 0 Å². The first-order chi connectivity index (χ1) is 14.6. The average Bonchev–Trinajstić information content (AvgIpc) is 3.08. The summed E-state index contributed by atoms with van der Waals surface area (Å²) >= 11 is 7.02. The topological polar surface area (TPSA) is 56.6 Å². The zero-order chi connectivity index (χ0) is 20.9. The van der Waals surface area contributed by atoms with Crippen molar-refractivity contribution in [1.82, 2.24) is 24.5 Å². The highest BCUT2D eigenvalue weighted by atomic mass is 32.1. The van der Waals surface area contributed by atoms with Crippen LogP contribution in [0.3, 0.4) is 0 Å². The van der Waals surface area contributed by atoms with Crippen LogP contribution in [0.2, 0.25) is 0 Å². The van der Waals surface area contributed by atoms with Gasteiger partial charge in [-0.25, -0.2) is 4.68 Å². The molecular weight excluding hydrogens is 416 g/mol. The second-order valence-electron chi connectivity index (χ2n) is 8.14. The molecule has 1 aromatic carbocycles. The second-order valence-corrected chi connectivity index (χ2v) is 9.77. The average molecular weight is 447 g/mol. The SMILES string of the molecule is Cc1cccc(Nc2nn(CN3CCN(CC(=O)N4CCCCC4)CC3)c(=S)s2)c1. The third-order valence-corrected chi connectivity index (χ3v) is 6.97. The highest BCUT2D eigenvalue weighted by molar-refractivity contribution is 7.73. The van der Waals surface area contributed by atoms with Crippen LogP contribution in [0.15, 0.2) is 24.3 Å². The van der Waals surface area contributed by atoms with Crippen LogP contribution in [0.1, 0.15) is 24.8 Å². The van der Waals surface area contributed by atoms with E-state index >= 15 is 0 Å². The molecule has 2 aliphatic rings. The number of nitrogens with one attached hydrogen (secondary N) is 1. The number of hydrogen-bond acceptors (Lipinski definition) is 7. The third-order valence-electron chi connectivity index (χ3n) is 5.74. The number of likely N-dealkylation sites (tertiary alicyclic amines) is 1. The van der Waals surface area contributed by atoms with Crippen molar-refractivity contribution >= 4 is 40.3 Å². The minimum Gasteiger partial charge on any atom is -0.342 e. The fraction of sp³-hybridized carbons (Fsp3) is 0.571. The van der Waals surface area contributed by atoms with E-state index in [2.05, 4.69) is 39.3 Å². The van der Waals surface area contributed by atoms with E-state index in [4.69, 9.17) is 12.2 Å². The van der Waals surface area contributed by atoms with E-state index in [0.29, 0.717) is 13.2 Å². The van der Waals surface area contributed by atoms with E-state index in [1.54, 1.807) is 0 Å². The van der Waals surface area contributed by atoms with Gasteiger partial charge in [-0.05, 0) is 56.1 Å². The van der Waals surface area contributed by atoms with Crippen molar-refractivity contribution in [2.24, 2.45) is 0 Å². The van der Waals surface area contributed by atoms with Gasteiger partial charge in [-0.3, -0.25) is 14.6 Å². The highest BCUT2D eigenvalue weighted by Crippen LogP contribution is 2.21. The first-order valence-electron chi connectivity index (χ1n) is 10.7. The number of nitrogens with zero attached hydrogens (tertiary/aromatic N) is 5. The molecule has 0 saturated carbocycles. The Morgan fingerprint density at radius 2 is 1.83 bits per heavy atom. The molecule has 9 heteroatoms. The molecule has 0 bridgehead atoms. The van der Waals surface area contributed by atoms with Gasteiger partial charge in [0.15, 0.2) is 3.95 Å². The molecule has 1 N–H and O–H groups in total. The monoisotopic (exact) mass is 446 g/mol. The zero-order valence-corrected chi connectivity index (χ0v) is 19.2. The van der Waals surface area contributed by atoms with Gasteiger partial charge in [0.2, 0.25) is 11.0 Å². The number of aryl methyl sites for hydroxylation is 1. The van der Waals surface area contributed by atoms with Crippen LogP contribution in [0.4, 0.5) is 10.8 Å². The van der Waals surface area contributed by atoms with Gasteiger partial charge in [-0.1, -0.05) is 23.5 Å². The number of piperidine rings is 1. The molecule has 4 rings (SSSR count). The van der Waals surface area contributed by atoms with Crippen LogP contribution in [-0.4, -0.2) is 76.2 Å². The molecule has 2 saturated heterocycles. The molecule has 0 spiro atoms. The van der Waals surface area contributed by atoms with Crippen LogP contribution < -0.4 is 5.32 Å². The molecule has 2 fully saturated rings. The Bertz CT molecular complexity index is 912. The molecule has 1 amide bonds. The minimum absolute atomic E-state index is 0.289. The van der Waals surface area contributed by atoms with Crippen LogP contribution in [0, 0.1) is 10.9 Å². The number of carbonyl (C=O) groups is 1. The van der Waals surface area contributed by atoms with Crippen molar-refractivity contribution in [2.75, 3.05) is 51.1 Å². The normalized spacial score (nSPS) is 18.5. The third kappa shape index (κ3) is 5.66. The van der Waals surface area contributed by atoms with Crippen LogP contribution >= 0.6 is 23.6 Å². The molecule has 30 heavy (non-hydrogen) atoms. The molecule has 0 atom stereocenters.